The molecule has 7 aromatic heterocycles. The van der Waals surface area contributed by atoms with Gasteiger partial charge in [-0.3, -0.25) is 20.7 Å². The Morgan fingerprint density at radius 1 is 0.710 bits per heavy atom. The third-order valence-electron chi connectivity index (χ3n) is 10.0. The van der Waals surface area contributed by atoms with Crippen LogP contribution in [0.5, 0.6) is 0 Å². The Morgan fingerprint density at radius 3 is 1.87 bits per heavy atom. The molecule has 0 saturated heterocycles. The van der Waals surface area contributed by atoms with E-state index in [2.05, 4.69) is 30.2 Å². The van der Waals surface area contributed by atoms with Crippen molar-refractivity contribution in [2.45, 2.75) is 0 Å². The molecule has 0 fully saturated rings. The number of hydrogen-bond acceptors (Lipinski definition) is 12. The normalized spacial score (nSPS) is 10.4. The first-order valence-corrected chi connectivity index (χ1v) is 21.5. The molecule has 0 aliphatic heterocycles. The number of nitrogens with zero attached hydrogens (tertiary/aromatic N) is 11. The number of aromatic nitrogens is 11. The second kappa shape index (κ2) is 22.3. The molecule has 13 N–H and O–H groups in total. The quantitative estimate of drug-likeness (QED) is 0.0217. The van der Waals surface area contributed by atoms with Gasteiger partial charge < -0.3 is 41.2 Å². The van der Waals surface area contributed by atoms with E-state index >= 15 is 0 Å². The number of nitrogens with two attached hydrogens (primary N) is 5. The highest BCUT2D eigenvalue weighted by molar-refractivity contribution is 6.32. The summed E-state index contributed by atoms with van der Waals surface area (Å²) in [5, 5.41) is 29.4. The number of H-pyrrole nitrogens is 1. The van der Waals surface area contributed by atoms with Crippen LogP contribution in [0, 0.1) is 16.7 Å². The Hall–Kier alpha value is -8.61. The summed E-state index contributed by atoms with van der Waals surface area (Å²) in [6.45, 7) is 0. The van der Waals surface area contributed by atoms with Crippen molar-refractivity contribution < 1.29 is 4.79 Å². The van der Waals surface area contributed by atoms with Crippen molar-refractivity contribution in [2.24, 2.45) is 39.8 Å². The SMILES string of the molecule is Cn1cccc1-c1nc(-c2cc(Cl)ccc2N)n[nH]1.Cn1cccc1-c1nc2c3cc(Cl)ccc3nc(N)n2n1.Cn1cccc1C#N.Cn1cccc1C(=N)N.NNC(=O)c1cc(Cl)ccc1N. The molecule has 1 amide bonds. The molecule has 0 saturated carbocycles. The molecule has 10 aromatic rings. The van der Waals surface area contributed by atoms with Crippen LogP contribution in [0.15, 0.2) is 128 Å². The van der Waals surface area contributed by atoms with Crippen molar-refractivity contribution in [3.8, 4) is 40.5 Å². The lowest BCUT2D eigenvalue weighted by atomic mass is 10.2. The smallest absolute Gasteiger partial charge is 0.267 e. The largest absolute Gasteiger partial charge is 0.398 e. The molecule has 0 aliphatic carbocycles. The van der Waals surface area contributed by atoms with Gasteiger partial charge in [0, 0.05) is 90.4 Å². The highest BCUT2D eigenvalue weighted by Gasteiger charge is 2.16. The number of halogens is 3. The third kappa shape index (κ3) is 12.1. The van der Waals surface area contributed by atoms with Crippen LogP contribution in [0.3, 0.4) is 0 Å². The number of benzene rings is 3. The fourth-order valence-electron chi connectivity index (χ4n) is 6.45. The maximum absolute atomic E-state index is 11.0. The Labute approximate surface area is 409 Å². The number of aromatic amines is 1. The Bertz CT molecular complexity index is 3440. The van der Waals surface area contributed by atoms with Crippen molar-refractivity contribution >= 4 is 80.4 Å². The lowest BCUT2D eigenvalue weighted by Crippen LogP contribution is -2.30. The number of carbonyl (C=O) groups is 1. The number of nitrogens with one attached hydrogen (secondary N) is 3. The molecular weight excluding hydrogens is 941 g/mol. The predicted octanol–water partition coefficient (Wildman–Crippen LogP) is 6.96. The minimum Gasteiger partial charge on any atom is -0.398 e. The molecule has 69 heavy (non-hydrogen) atoms. The fraction of sp³-hybridized carbons (Fsp3) is 0.0870. The summed E-state index contributed by atoms with van der Waals surface area (Å²) >= 11 is 17.7. The van der Waals surface area contributed by atoms with Crippen LogP contribution < -0.4 is 34.2 Å². The van der Waals surface area contributed by atoms with Gasteiger partial charge >= 0.3 is 0 Å². The number of rotatable bonds is 5. The van der Waals surface area contributed by atoms with Gasteiger partial charge in [-0.15, -0.1) is 5.10 Å². The number of anilines is 3. The highest BCUT2D eigenvalue weighted by Crippen LogP contribution is 2.28. The molecular formula is C46H46Cl3N19O. The molecule has 0 atom stereocenters. The van der Waals surface area contributed by atoms with E-state index in [1.807, 2.05) is 133 Å². The number of hydrogen-bond donors (Lipinski definition) is 8. The number of hydrazine groups is 1. The minimum absolute atomic E-state index is 0.113. The molecule has 0 aliphatic rings. The lowest BCUT2D eigenvalue weighted by Gasteiger charge is -2.03. The standard InChI is InChI=1S/C14H11ClN6.C13H12ClN5.C7H8ClN3O.C6H9N3.C6H6N2/c1-20-6-2-3-11(20)12-18-13-9-7-8(15)4-5-10(9)17-14(16)21(13)19-12;1-19-6-2-3-11(19)13-16-12(17-18-13)9-7-8(14)4-5-10(9)15;8-4-1-2-6(9)5(3-4)7(12)11-10;1-9-4-2-3-5(9)6(7)8;1-8-4-2-3-6(8)5-7/h2-7H,1H3,(H2,16,17);2-7H,15H2,1H3,(H,16,17,18);1-3H,9-10H2,(H,11,12);2-4H,1H3,(H3,7,8);2-4H,1H3. The summed E-state index contributed by atoms with van der Waals surface area (Å²) in [4.78, 5) is 24.4. The summed E-state index contributed by atoms with van der Waals surface area (Å²) in [7, 11) is 7.60. The van der Waals surface area contributed by atoms with Crippen molar-refractivity contribution in [1.82, 2.24) is 58.5 Å². The summed E-state index contributed by atoms with van der Waals surface area (Å²) in [5.74, 6) is 6.72. The van der Waals surface area contributed by atoms with Gasteiger partial charge in [-0.2, -0.15) is 14.9 Å². The number of amidine groups is 1. The van der Waals surface area contributed by atoms with E-state index in [4.69, 9.17) is 74.3 Å². The molecule has 23 heteroatoms. The third-order valence-corrected chi connectivity index (χ3v) is 10.7. The van der Waals surface area contributed by atoms with E-state index in [0.717, 1.165) is 33.5 Å². The van der Waals surface area contributed by atoms with E-state index in [1.165, 1.54) is 6.07 Å². The van der Waals surface area contributed by atoms with Gasteiger partial charge in [0.2, 0.25) is 5.95 Å². The molecule has 3 aromatic carbocycles. The minimum atomic E-state index is -0.449. The van der Waals surface area contributed by atoms with Gasteiger partial charge in [0.25, 0.3) is 5.91 Å². The van der Waals surface area contributed by atoms with Crippen molar-refractivity contribution in [3.05, 3.63) is 160 Å². The maximum atomic E-state index is 11.0. The average molecular weight is 987 g/mol. The van der Waals surface area contributed by atoms with E-state index in [-0.39, 0.29) is 11.4 Å². The van der Waals surface area contributed by atoms with E-state index in [9.17, 15) is 4.79 Å². The van der Waals surface area contributed by atoms with Gasteiger partial charge in [0.05, 0.1) is 28.2 Å². The molecule has 10 rings (SSSR count). The summed E-state index contributed by atoms with van der Waals surface area (Å²) in [6, 6.07) is 32.4. The summed E-state index contributed by atoms with van der Waals surface area (Å²) < 4.78 is 9.04. The monoisotopic (exact) mass is 985 g/mol. The van der Waals surface area contributed by atoms with E-state index in [1.54, 1.807) is 51.5 Å². The number of nitriles is 1. The Kier molecular flexibility index (Phi) is 16.1. The van der Waals surface area contributed by atoms with Gasteiger partial charge in [-0.25, -0.2) is 20.8 Å². The zero-order chi connectivity index (χ0) is 49.9. The molecule has 352 valence electrons. The van der Waals surface area contributed by atoms with E-state index in [0.29, 0.717) is 61.2 Å². The Morgan fingerprint density at radius 2 is 1.30 bits per heavy atom. The first-order chi connectivity index (χ1) is 33.0. The fourth-order valence-corrected chi connectivity index (χ4v) is 6.97. The van der Waals surface area contributed by atoms with Gasteiger partial charge in [0.15, 0.2) is 23.1 Å². The van der Waals surface area contributed by atoms with Crippen LogP contribution in [-0.4, -0.2) is 64.8 Å². The number of amides is 1. The predicted molar refractivity (Wildman–Crippen MR) is 272 cm³/mol. The van der Waals surface area contributed by atoms with Gasteiger partial charge in [-0.1, -0.05) is 34.8 Å². The van der Waals surface area contributed by atoms with Crippen LogP contribution in [0.1, 0.15) is 21.7 Å². The zero-order valence-corrected chi connectivity index (χ0v) is 39.7. The molecule has 0 spiro atoms. The van der Waals surface area contributed by atoms with Gasteiger partial charge in [-0.05, 0) is 103 Å². The second-order valence-electron chi connectivity index (χ2n) is 14.8. The van der Waals surface area contributed by atoms with Crippen LogP contribution in [-0.2, 0) is 28.2 Å². The van der Waals surface area contributed by atoms with Crippen LogP contribution in [0.4, 0.5) is 17.3 Å². The number of aryl methyl sites for hydroxylation is 4. The molecule has 0 radical (unpaired) electrons. The number of nitrogen functional groups attached to an aromatic ring is 5. The summed E-state index contributed by atoms with van der Waals surface area (Å²) in [5.41, 5.74) is 31.3. The van der Waals surface area contributed by atoms with Gasteiger partial charge in [0.1, 0.15) is 17.6 Å². The van der Waals surface area contributed by atoms with E-state index < -0.39 is 5.91 Å². The number of carbonyl (C=O) groups excluding carboxylic acids is 1. The molecule has 20 nitrogen and oxygen atoms in total. The molecule has 7 heterocycles. The van der Waals surface area contributed by atoms with Crippen LogP contribution >= 0.6 is 34.8 Å². The van der Waals surface area contributed by atoms with Crippen LogP contribution in [0.25, 0.3) is 51.0 Å². The maximum Gasteiger partial charge on any atom is 0.267 e. The zero-order valence-electron chi connectivity index (χ0n) is 37.5. The van der Waals surface area contributed by atoms with Crippen molar-refractivity contribution in [1.29, 1.82) is 10.7 Å². The molecule has 0 unspecified atom stereocenters. The first kappa shape index (κ1) is 49.8. The average Bonchev–Trinajstić information content (AvgIpc) is 4.20. The second-order valence-corrected chi connectivity index (χ2v) is 16.1. The lowest BCUT2D eigenvalue weighted by molar-refractivity contribution is 0.0954. The van der Waals surface area contributed by atoms with Crippen LogP contribution in [0.2, 0.25) is 15.1 Å². The first-order valence-electron chi connectivity index (χ1n) is 20.3. The highest BCUT2D eigenvalue weighted by atomic mass is 35.5. The Balaban J connectivity index is 0.000000149. The topological polar surface area (TPSA) is 311 Å². The van der Waals surface area contributed by atoms with Crippen molar-refractivity contribution in [3.63, 3.8) is 0 Å². The molecule has 0 bridgehead atoms. The number of fused-ring (bicyclic) bond motifs is 3. The summed E-state index contributed by atoms with van der Waals surface area (Å²) in [6.07, 6.45) is 7.60. The van der Waals surface area contributed by atoms with Crippen molar-refractivity contribution in [2.75, 3.05) is 17.2 Å².